The van der Waals surface area contributed by atoms with Crippen molar-refractivity contribution in [3.8, 4) is 5.75 Å². The molecule has 0 fully saturated rings. The number of aliphatic hydroxyl groups excluding tert-OH is 1. The number of rotatable bonds is 15. The molecule has 1 amide bonds. The first kappa shape index (κ1) is 25.9. The normalized spacial score (nSPS) is 12.9. The van der Waals surface area contributed by atoms with Crippen molar-refractivity contribution in [1.29, 1.82) is 0 Å². The van der Waals surface area contributed by atoms with Crippen molar-refractivity contribution in [2.75, 3.05) is 13.2 Å². The molecule has 5 heteroatoms. The van der Waals surface area contributed by atoms with E-state index in [1.807, 2.05) is 24.3 Å². The number of para-hydroxylation sites is 1. The van der Waals surface area contributed by atoms with Crippen molar-refractivity contribution in [3.05, 3.63) is 65.2 Å². The van der Waals surface area contributed by atoms with E-state index in [9.17, 15) is 9.90 Å². The van der Waals surface area contributed by atoms with Crippen LogP contribution in [0.15, 0.2) is 48.5 Å². The summed E-state index contributed by atoms with van der Waals surface area (Å²) in [5, 5.41) is 17.1. The largest absolute Gasteiger partial charge is 0.493 e. The van der Waals surface area contributed by atoms with Gasteiger partial charge < -0.3 is 20.5 Å². The Kier molecular flexibility index (Phi) is 11.8. The Hall–Kier alpha value is -2.37. The van der Waals surface area contributed by atoms with E-state index in [-0.39, 0.29) is 5.91 Å². The Morgan fingerprint density at radius 3 is 2.56 bits per heavy atom. The van der Waals surface area contributed by atoms with Crippen molar-refractivity contribution in [2.24, 2.45) is 0 Å². The van der Waals surface area contributed by atoms with Gasteiger partial charge in [0.05, 0.1) is 18.8 Å². The average molecular weight is 441 g/mol. The molecule has 0 bridgehead atoms. The lowest BCUT2D eigenvalue weighted by Gasteiger charge is -2.25. The number of carbonyl (C=O) groups excluding carboxylic acids is 1. The topological polar surface area (TPSA) is 70.6 Å². The van der Waals surface area contributed by atoms with Gasteiger partial charge in [0.25, 0.3) is 0 Å². The lowest BCUT2D eigenvalue weighted by atomic mass is 10.00. The predicted molar refractivity (Wildman–Crippen MR) is 131 cm³/mol. The van der Waals surface area contributed by atoms with Gasteiger partial charge in [-0.15, -0.1) is 0 Å². The number of carbonyl (C=O) groups is 1. The number of aliphatic hydroxyl groups is 1. The lowest BCUT2D eigenvalue weighted by molar-refractivity contribution is -0.120. The Labute approximate surface area is 193 Å². The number of hydrogen-bond donors (Lipinski definition) is 3. The van der Waals surface area contributed by atoms with Crippen LogP contribution in [0.3, 0.4) is 0 Å². The third-order valence-electron chi connectivity index (χ3n) is 5.60. The smallest absolute Gasteiger partial charge is 0.217 e. The predicted octanol–water partition coefficient (Wildman–Crippen LogP) is 4.41. The molecule has 2 aromatic rings. The number of unbranched alkanes of at least 4 members (excludes halogenated alkanes) is 3. The van der Waals surface area contributed by atoms with Crippen LogP contribution in [0.2, 0.25) is 0 Å². The summed E-state index contributed by atoms with van der Waals surface area (Å²) in [5.74, 6) is 0.679. The van der Waals surface area contributed by atoms with E-state index in [1.165, 1.54) is 37.3 Å². The maximum absolute atomic E-state index is 11.8. The van der Waals surface area contributed by atoms with Crippen molar-refractivity contribution in [3.63, 3.8) is 0 Å². The van der Waals surface area contributed by atoms with Crippen molar-refractivity contribution < 1.29 is 14.6 Å². The van der Waals surface area contributed by atoms with E-state index in [0.717, 1.165) is 24.2 Å². The molecule has 2 unspecified atom stereocenters. The van der Waals surface area contributed by atoms with Gasteiger partial charge in [0.2, 0.25) is 5.91 Å². The van der Waals surface area contributed by atoms with Crippen LogP contribution in [-0.2, 0) is 24.2 Å². The fourth-order valence-corrected chi connectivity index (χ4v) is 3.77. The number of aryl methyl sites for hydroxylation is 1. The van der Waals surface area contributed by atoms with Crippen LogP contribution in [0.5, 0.6) is 5.75 Å². The molecule has 176 valence electrons. The van der Waals surface area contributed by atoms with Gasteiger partial charge in [-0.2, -0.15) is 0 Å². The summed E-state index contributed by atoms with van der Waals surface area (Å²) in [6, 6.07) is 15.9. The summed E-state index contributed by atoms with van der Waals surface area (Å²) in [5.41, 5.74) is 3.48. The standard InChI is InChI=1S/C27H40N2O3/c1-4-6-7-10-16-32-27-15-9-8-14-24(27)18-25(29-21(3)30)26(31)20-28-19-23-13-11-12-22(5-2)17-23/h8-9,11-15,17,25-26,28,31H,4-7,10,16,18-20H2,1-3H3,(H,29,30). The van der Waals surface area contributed by atoms with Crippen LogP contribution >= 0.6 is 0 Å². The zero-order valence-electron chi connectivity index (χ0n) is 19.9. The van der Waals surface area contributed by atoms with Crippen LogP contribution in [0.25, 0.3) is 0 Å². The van der Waals surface area contributed by atoms with Gasteiger partial charge in [0, 0.05) is 20.0 Å². The van der Waals surface area contributed by atoms with Crippen LogP contribution in [0, 0.1) is 0 Å². The van der Waals surface area contributed by atoms with Crippen LogP contribution in [-0.4, -0.2) is 36.3 Å². The molecule has 2 atom stereocenters. The minimum atomic E-state index is -0.717. The van der Waals surface area contributed by atoms with E-state index in [4.69, 9.17) is 4.74 Å². The highest BCUT2D eigenvalue weighted by atomic mass is 16.5. The molecular formula is C27H40N2O3. The zero-order valence-corrected chi connectivity index (χ0v) is 19.9. The average Bonchev–Trinajstić information content (AvgIpc) is 2.79. The maximum Gasteiger partial charge on any atom is 0.217 e. The summed E-state index contributed by atoms with van der Waals surface area (Å²) in [7, 11) is 0. The Morgan fingerprint density at radius 2 is 1.81 bits per heavy atom. The molecule has 2 rings (SSSR count). The SMILES string of the molecule is CCCCCCOc1ccccc1CC(NC(C)=O)C(O)CNCc1cccc(CC)c1. The highest BCUT2D eigenvalue weighted by molar-refractivity contribution is 5.73. The highest BCUT2D eigenvalue weighted by Gasteiger charge is 2.22. The van der Waals surface area contributed by atoms with Crippen molar-refractivity contribution >= 4 is 5.91 Å². The molecule has 2 aromatic carbocycles. The molecular weight excluding hydrogens is 400 g/mol. The third kappa shape index (κ3) is 9.41. The van der Waals surface area contributed by atoms with Gasteiger partial charge in [-0.3, -0.25) is 4.79 Å². The molecule has 0 aliphatic heterocycles. The molecule has 0 saturated heterocycles. The summed E-state index contributed by atoms with van der Waals surface area (Å²) >= 11 is 0. The molecule has 0 aliphatic carbocycles. The fraction of sp³-hybridized carbons (Fsp3) is 0.519. The van der Waals surface area contributed by atoms with Gasteiger partial charge in [0.1, 0.15) is 5.75 Å². The van der Waals surface area contributed by atoms with E-state index >= 15 is 0 Å². The summed E-state index contributed by atoms with van der Waals surface area (Å²) in [6.45, 7) is 7.57. The van der Waals surface area contributed by atoms with Crippen molar-refractivity contribution in [2.45, 2.75) is 78.0 Å². The van der Waals surface area contributed by atoms with E-state index < -0.39 is 12.1 Å². The Bertz CT molecular complexity index is 809. The molecule has 0 heterocycles. The first-order chi connectivity index (χ1) is 15.5. The second kappa shape index (κ2) is 14.6. The lowest BCUT2D eigenvalue weighted by Crippen LogP contribution is -2.48. The van der Waals surface area contributed by atoms with Crippen molar-refractivity contribution in [1.82, 2.24) is 10.6 Å². The van der Waals surface area contributed by atoms with Crippen LogP contribution in [0.1, 0.15) is 63.1 Å². The maximum atomic E-state index is 11.8. The number of hydrogen-bond acceptors (Lipinski definition) is 4. The van der Waals surface area contributed by atoms with E-state index in [0.29, 0.717) is 26.1 Å². The second-order valence-electron chi connectivity index (χ2n) is 8.40. The zero-order chi connectivity index (χ0) is 23.2. The number of amides is 1. The van der Waals surface area contributed by atoms with Crippen LogP contribution < -0.4 is 15.4 Å². The van der Waals surface area contributed by atoms with Gasteiger partial charge in [0.15, 0.2) is 0 Å². The molecule has 3 N–H and O–H groups in total. The number of nitrogens with one attached hydrogen (secondary N) is 2. The van der Waals surface area contributed by atoms with Gasteiger partial charge >= 0.3 is 0 Å². The molecule has 5 nitrogen and oxygen atoms in total. The molecule has 32 heavy (non-hydrogen) atoms. The quantitative estimate of drug-likeness (QED) is 0.359. The molecule has 0 radical (unpaired) electrons. The molecule has 0 aromatic heterocycles. The monoisotopic (exact) mass is 440 g/mol. The second-order valence-corrected chi connectivity index (χ2v) is 8.40. The van der Waals surface area contributed by atoms with Gasteiger partial charge in [-0.05, 0) is 42.0 Å². The summed E-state index contributed by atoms with van der Waals surface area (Å²) < 4.78 is 6.02. The van der Waals surface area contributed by atoms with E-state index in [1.54, 1.807) is 0 Å². The Morgan fingerprint density at radius 1 is 1.03 bits per heavy atom. The minimum absolute atomic E-state index is 0.150. The highest BCUT2D eigenvalue weighted by Crippen LogP contribution is 2.21. The molecule has 0 saturated carbocycles. The number of benzene rings is 2. The first-order valence-electron chi connectivity index (χ1n) is 12.0. The fourth-order valence-electron chi connectivity index (χ4n) is 3.77. The minimum Gasteiger partial charge on any atom is -0.493 e. The number of ether oxygens (including phenoxy) is 1. The summed E-state index contributed by atoms with van der Waals surface area (Å²) in [4.78, 5) is 11.8. The molecule has 0 aliphatic rings. The third-order valence-corrected chi connectivity index (χ3v) is 5.60. The summed E-state index contributed by atoms with van der Waals surface area (Å²) in [6.07, 6.45) is 5.41. The first-order valence-corrected chi connectivity index (χ1v) is 12.0. The molecule has 0 spiro atoms. The Balaban J connectivity index is 1.94. The van der Waals surface area contributed by atoms with Gasteiger partial charge in [-0.1, -0.05) is 75.6 Å². The van der Waals surface area contributed by atoms with Crippen LogP contribution in [0.4, 0.5) is 0 Å². The van der Waals surface area contributed by atoms with Gasteiger partial charge in [-0.25, -0.2) is 0 Å². The van der Waals surface area contributed by atoms with E-state index in [2.05, 4.69) is 48.7 Å².